The van der Waals surface area contributed by atoms with Gasteiger partial charge in [-0.05, 0) is 56.0 Å². The SMILES string of the molecule is C[NH+](C)CC[NH+]=Cc1cc(C(C)(C)C)cc(C(C)(C)C)c1[O-].C[NH+](C)CC[NH+]=Cc1cc(C(C)(C)C)cc(C(C)(C)C)c1[O-].[Mg+2]. The van der Waals surface area contributed by atoms with Gasteiger partial charge in [0.1, 0.15) is 13.1 Å². The van der Waals surface area contributed by atoms with Crippen LogP contribution in [0.5, 0.6) is 11.5 Å². The molecule has 248 valence electrons. The van der Waals surface area contributed by atoms with E-state index in [-0.39, 0.29) is 56.2 Å². The molecular weight excluding hydrogens is 569 g/mol. The van der Waals surface area contributed by atoms with E-state index in [9.17, 15) is 10.2 Å². The van der Waals surface area contributed by atoms with Gasteiger partial charge in [0.2, 0.25) is 0 Å². The fraction of sp³-hybridized carbons (Fsp3) is 0.632. The number of hydrogen-bond donors (Lipinski definition) is 4. The molecule has 0 aromatic heterocycles. The number of nitrogens with one attached hydrogen (secondary N) is 4. The van der Waals surface area contributed by atoms with Gasteiger partial charge < -0.3 is 20.0 Å². The zero-order valence-electron chi connectivity index (χ0n) is 31.8. The van der Waals surface area contributed by atoms with Crippen molar-refractivity contribution >= 4 is 35.5 Å². The van der Waals surface area contributed by atoms with Crippen LogP contribution in [0.4, 0.5) is 0 Å². The summed E-state index contributed by atoms with van der Waals surface area (Å²) in [5.41, 5.74) is 5.53. The first-order valence-corrected chi connectivity index (χ1v) is 16.3. The second-order valence-electron chi connectivity index (χ2n) is 17.0. The van der Waals surface area contributed by atoms with E-state index in [2.05, 4.69) is 133 Å². The van der Waals surface area contributed by atoms with Crippen molar-refractivity contribution in [3.05, 3.63) is 57.6 Å². The Kier molecular flexibility index (Phi) is 16.5. The molecule has 6 nitrogen and oxygen atoms in total. The number of quaternary nitrogens is 2. The van der Waals surface area contributed by atoms with E-state index in [1.807, 2.05) is 24.6 Å². The number of benzene rings is 2. The van der Waals surface area contributed by atoms with Gasteiger partial charge in [0.25, 0.3) is 0 Å². The Labute approximate surface area is 292 Å². The summed E-state index contributed by atoms with van der Waals surface area (Å²) < 4.78 is 0. The molecule has 0 fully saturated rings. The van der Waals surface area contributed by atoms with Crippen LogP contribution in [-0.4, -0.2) is 89.9 Å². The Hall–Kier alpha value is -1.93. The van der Waals surface area contributed by atoms with Crippen molar-refractivity contribution in [2.45, 2.75) is 105 Å². The topological polar surface area (TPSA) is 82.9 Å². The normalized spacial score (nSPS) is 13.0. The Morgan fingerprint density at radius 2 is 0.822 bits per heavy atom. The van der Waals surface area contributed by atoms with Gasteiger partial charge in [-0.3, -0.25) is 0 Å². The molecule has 2 aromatic carbocycles. The summed E-state index contributed by atoms with van der Waals surface area (Å²) in [4.78, 5) is 9.35. The van der Waals surface area contributed by atoms with Crippen LogP contribution < -0.4 is 30.0 Å². The summed E-state index contributed by atoms with van der Waals surface area (Å²) in [6, 6.07) is 8.24. The zero-order valence-corrected chi connectivity index (χ0v) is 33.2. The van der Waals surface area contributed by atoms with Crippen LogP contribution in [0.25, 0.3) is 0 Å². The van der Waals surface area contributed by atoms with Crippen LogP contribution in [0.1, 0.15) is 116 Å². The van der Waals surface area contributed by atoms with Crippen LogP contribution in [0.2, 0.25) is 0 Å². The predicted octanol–water partition coefficient (Wildman–Crippen LogP) is -0.382. The van der Waals surface area contributed by atoms with Crippen LogP contribution in [0.15, 0.2) is 24.3 Å². The molecule has 0 heterocycles. The third-order valence-corrected chi connectivity index (χ3v) is 7.64. The third kappa shape index (κ3) is 14.6. The third-order valence-electron chi connectivity index (χ3n) is 7.64. The van der Waals surface area contributed by atoms with Crippen LogP contribution in [-0.2, 0) is 21.7 Å². The van der Waals surface area contributed by atoms with E-state index < -0.39 is 0 Å². The number of likely N-dealkylation sites (N-methyl/N-ethyl adjacent to an activating group) is 2. The maximum absolute atomic E-state index is 12.7. The fourth-order valence-corrected chi connectivity index (χ4v) is 4.51. The monoisotopic (exact) mass is 635 g/mol. The van der Waals surface area contributed by atoms with E-state index in [4.69, 9.17) is 0 Å². The van der Waals surface area contributed by atoms with Crippen molar-refractivity contribution in [3.63, 3.8) is 0 Å². The van der Waals surface area contributed by atoms with Gasteiger partial charge in [0.05, 0.1) is 28.2 Å². The minimum Gasteiger partial charge on any atom is -0.872 e. The van der Waals surface area contributed by atoms with Crippen molar-refractivity contribution < 1.29 is 30.0 Å². The van der Waals surface area contributed by atoms with Crippen molar-refractivity contribution in [1.82, 2.24) is 0 Å². The predicted molar refractivity (Wildman–Crippen MR) is 190 cm³/mol. The fourth-order valence-electron chi connectivity index (χ4n) is 4.51. The molecule has 0 aliphatic carbocycles. The van der Waals surface area contributed by atoms with Gasteiger partial charge in [-0.15, -0.1) is 0 Å². The first-order chi connectivity index (χ1) is 19.9. The van der Waals surface area contributed by atoms with E-state index >= 15 is 0 Å². The summed E-state index contributed by atoms with van der Waals surface area (Å²) in [6.45, 7) is 29.5. The molecule has 45 heavy (non-hydrogen) atoms. The minimum atomic E-state index is -0.144. The first kappa shape index (κ1) is 43.1. The van der Waals surface area contributed by atoms with Crippen molar-refractivity contribution in [2.75, 3.05) is 54.4 Å². The molecule has 0 saturated carbocycles. The zero-order chi connectivity index (χ0) is 34.3. The molecule has 0 amide bonds. The van der Waals surface area contributed by atoms with E-state index in [0.29, 0.717) is 0 Å². The molecule has 7 heteroatoms. The average Bonchev–Trinajstić information content (AvgIpc) is 2.83. The molecule has 2 aromatic rings. The summed E-state index contributed by atoms with van der Waals surface area (Å²) in [5, 5.41) is 25.5. The maximum Gasteiger partial charge on any atom is 2.00 e. The van der Waals surface area contributed by atoms with E-state index in [0.717, 1.165) is 48.4 Å². The summed E-state index contributed by atoms with van der Waals surface area (Å²) in [7, 11) is 8.49. The molecule has 0 bridgehead atoms. The average molecular weight is 635 g/mol. The quantitative estimate of drug-likeness (QED) is 0.236. The second kappa shape index (κ2) is 17.3. The van der Waals surface area contributed by atoms with Gasteiger partial charge in [0.15, 0.2) is 25.5 Å². The smallest absolute Gasteiger partial charge is 0.872 e. The van der Waals surface area contributed by atoms with Crippen LogP contribution in [0.3, 0.4) is 0 Å². The Bertz CT molecular complexity index is 1170. The van der Waals surface area contributed by atoms with Crippen molar-refractivity contribution in [2.24, 2.45) is 0 Å². The van der Waals surface area contributed by atoms with Gasteiger partial charge in [0, 0.05) is 11.1 Å². The molecule has 0 atom stereocenters. The molecule has 0 aliphatic rings. The standard InChI is InChI=1S/2C19H32N2O.Mg/c2*1-18(2,3)15-11-14(13-20-9-10-21(7)8)17(22)16(12-15)19(4,5)6;/h2*11-13,22H,9-10H2,1-8H3;/q;;+2/p+2. The summed E-state index contributed by atoms with van der Waals surface area (Å²) in [6.07, 6.45) is 3.77. The van der Waals surface area contributed by atoms with Gasteiger partial charge in [-0.1, -0.05) is 107 Å². The molecule has 2 rings (SSSR count). The van der Waals surface area contributed by atoms with Gasteiger partial charge >= 0.3 is 23.1 Å². The van der Waals surface area contributed by atoms with E-state index in [1.165, 1.54) is 20.9 Å². The second-order valence-corrected chi connectivity index (χ2v) is 17.0. The molecule has 0 radical (unpaired) electrons. The molecule has 0 aliphatic heterocycles. The molecular formula is C38H66MgN4O2+4. The molecule has 0 spiro atoms. The molecule has 0 saturated heterocycles. The van der Waals surface area contributed by atoms with Crippen LogP contribution >= 0.6 is 0 Å². The van der Waals surface area contributed by atoms with Crippen molar-refractivity contribution in [1.29, 1.82) is 0 Å². The summed E-state index contributed by atoms with van der Waals surface area (Å²) in [5.74, 6) is 0.287. The Balaban J connectivity index is 0.000000842. The maximum atomic E-state index is 12.7. The molecule has 0 unspecified atom stereocenters. The van der Waals surface area contributed by atoms with Crippen molar-refractivity contribution in [3.8, 4) is 11.5 Å². The minimum absolute atomic E-state index is 0. The van der Waals surface area contributed by atoms with Gasteiger partial charge in [-0.2, -0.15) is 0 Å². The van der Waals surface area contributed by atoms with Crippen LogP contribution in [0, 0.1) is 0 Å². The van der Waals surface area contributed by atoms with E-state index in [1.54, 1.807) is 0 Å². The summed E-state index contributed by atoms with van der Waals surface area (Å²) >= 11 is 0. The first-order valence-electron chi connectivity index (χ1n) is 16.3. The number of hydrogen-bond acceptors (Lipinski definition) is 2. The number of rotatable bonds is 8. The van der Waals surface area contributed by atoms with Gasteiger partial charge in [-0.25, -0.2) is 9.98 Å². The molecule has 4 N–H and O–H groups in total. The largest absolute Gasteiger partial charge is 2.00 e. The Morgan fingerprint density at radius 3 is 1.04 bits per heavy atom. The Morgan fingerprint density at radius 1 is 0.533 bits per heavy atom.